The third-order valence-electron chi connectivity index (χ3n) is 2.77. The lowest BCUT2D eigenvalue weighted by atomic mass is 10.2. The Kier molecular flexibility index (Phi) is 4.87. The molecule has 3 nitrogen and oxygen atoms in total. The Labute approximate surface area is 123 Å². The van der Waals surface area contributed by atoms with Crippen LogP contribution in [0.4, 0.5) is 5.69 Å². The van der Waals surface area contributed by atoms with Crippen molar-refractivity contribution < 1.29 is 0 Å². The molecule has 0 aliphatic rings. The third-order valence-corrected chi connectivity index (χ3v) is 3.80. The van der Waals surface area contributed by atoms with Crippen molar-refractivity contribution in [3.63, 3.8) is 0 Å². The standard InChI is InChI=1S/C14H17N3S2/c1-11-16-12(10-19-11)9-17(8-7-14(15)18)13-5-3-2-4-6-13/h2-6,10H,7-9H2,1H3,(H2,15,18). The van der Waals surface area contributed by atoms with Crippen LogP contribution in [-0.2, 0) is 6.54 Å². The van der Waals surface area contributed by atoms with Crippen LogP contribution in [0.1, 0.15) is 17.1 Å². The number of para-hydroxylation sites is 1. The van der Waals surface area contributed by atoms with E-state index < -0.39 is 0 Å². The fraction of sp³-hybridized carbons (Fsp3) is 0.286. The number of anilines is 1. The highest BCUT2D eigenvalue weighted by molar-refractivity contribution is 7.80. The van der Waals surface area contributed by atoms with Gasteiger partial charge in [-0.15, -0.1) is 11.3 Å². The molecular formula is C14H17N3S2. The number of thiocarbonyl (C=S) groups is 1. The summed E-state index contributed by atoms with van der Waals surface area (Å²) in [6.45, 7) is 3.63. The molecule has 0 saturated heterocycles. The van der Waals surface area contributed by atoms with Gasteiger partial charge in [0.25, 0.3) is 0 Å². The van der Waals surface area contributed by atoms with Crippen molar-refractivity contribution in [2.75, 3.05) is 11.4 Å². The summed E-state index contributed by atoms with van der Waals surface area (Å²) < 4.78 is 0. The van der Waals surface area contributed by atoms with Gasteiger partial charge in [0.05, 0.1) is 22.2 Å². The summed E-state index contributed by atoms with van der Waals surface area (Å²) in [7, 11) is 0. The maximum atomic E-state index is 5.61. The summed E-state index contributed by atoms with van der Waals surface area (Å²) in [4.78, 5) is 7.32. The molecule has 0 aliphatic heterocycles. The minimum Gasteiger partial charge on any atom is -0.393 e. The molecule has 0 saturated carbocycles. The molecule has 19 heavy (non-hydrogen) atoms. The normalized spacial score (nSPS) is 10.4. The molecule has 0 spiro atoms. The van der Waals surface area contributed by atoms with Crippen LogP contribution in [0.15, 0.2) is 35.7 Å². The Balaban J connectivity index is 2.12. The van der Waals surface area contributed by atoms with Crippen molar-refractivity contribution in [1.29, 1.82) is 0 Å². The molecule has 0 atom stereocenters. The lowest BCUT2D eigenvalue weighted by Crippen LogP contribution is -2.27. The van der Waals surface area contributed by atoms with E-state index in [-0.39, 0.29) is 0 Å². The van der Waals surface area contributed by atoms with Crippen molar-refractivity contribution in [3.05, 3.63) is 46.4 Å². The topological polar surface area (TPSA) is 42.2 Å². The summed E-state index contributed by atoms with van der Waals surface area (Å²) in [5.41, 5.74) is 7.87. The zero-order valence-corrected chi connectivity index (χ0v) is 12.5. The number of benzene rings is 1. The number of thiazole rings is 1. The number of hydrogen-bond donors (Lipinski definition) is 1. The molecule has 1 aromatic heterocycles. The third kappa shape index (κ3) is 4.29. The monoisotopic (exact) mass is 291 g/mol. The van der Waals surface area contributed by atoms with Crippen molar-refractivity contribution in [2.45, 2.75) is 19.9 Å². The number of rotatable bonds is 6. The quantitative estimate of drug-likeness (QED) is 0.830. The van der Waals surface area contributed by atoms with E-state index >= 15 is 0 Å². The number of nitrogens with two attached hydrogens (primary N) is 1. The molecule has 2 rings (SSSR count). The fourth-order valence-corrected chi connectivity index (χ4v) is 2.55. The molecule has 100 valence electrons. The highest BCUT2D eigenvalue weighted by Crippen LogP contribution is 2.18. The van der Waals surface area contributed by atoms with Crippen LogP contribution >= 0.6 is 23.6 Å². The van der Waals surface area contributed by atoms with Crippen molar-refractivity contribution in [1.82, 2.24) is 4.98 Å². The first-order valence-electron chi connectivity index (χ1n) is 6.14. The van der Waals surface area contributed by atoms with E-state index in [0.717, 1.165) is 23.8 Å². The first-order chi connectivity index (χ1) is 9.15. The van der Waals surface area contributed by atoms with E-state index in [0.29, 0.717) is 11.4 Å². The number of aromatic nitrogens is 1. The Morgan fingerprint density at radius 3 is 2.68 bits per heavy atom. The highest BCUT2D eigenvalue weighted by Gasteiger charge is 2.09. The average molecular weight is 291 g/mol. The largest absolute Gasteiger partial charge is 0.393 e. The second-order valence-electron chi connectivity index (χ2n) is 4.33. The van der Waals surface area contributed by atoms with E-state index in [4.69, 9.17) is 18.0 Å². The van der Waals surface area contributed by atoms with E-state index in [1.165, 1.54) is 5.69 Å². The van der Waals surface area contributed by atoms with Gasteiger partial charge in [0, 0.05) is 24.0 Å². The minimum atomic E-state index is 0.551. The summed E-state index contributed by atoms with van der Waals surface area (Å²) in [5, 5.41) is 3.20. The first-order valence-corrected chi connectivity index (χ1v) is 7.43. The van der Waals surface area contributed by atoms with Crippen molar-refractivity contribution >= 4 is 34.2 Å². The minimum absolute atomic E-state index is 0.551. The Morgan fingerprint density at radius 2 is 2.11 bits per heavy atom. The molecule has 2 N–H and O–H groups in total. The second kappa shape index (κ2) is 6.63. The Morgan fingerprint density at radius 1 is 1.37 bits per heavy atom. The van der Waals surface area contributed by atoms with Gasteiger partial charge >= 0.3 is 0 Å². The predicted molar refractivity (Wildman–Crippen MR) is 85.7 cm³/mol. The molecule has 0 fully saturated rings. The predicted octanol–water partition coefficient (Wildman–Crippen LogP) is 3.13. The summed E-state index contributed by atoms with van der Waals surface area (Å²) in [5.74, 6) is 0. The molecular weight excluding hydrogens is 274 g/mol. The van der Waals surface area contributed by atoms with Gasteiger partial charge in [0.1, 0.15) is 0 Å². The van der Waals surface area contributed by atoms with Gasteiger partial charge in [-0.05, 0) is 19.1 Å². The summed E-state index contributed by atoms with van der Waals surface area (Å²) >= 11 is 6.65. The highest BCUT2D eigenvalue weighted by atomic mass is 32.1. The van der Waals surface area contributed by atoms with Gasteiger partial charge in [0.15, 0.2) is 0 Å². The second-order valence-corrected chi connectivity index (χ2v) is 5.92. The van der Waals surface area contributed by atoms with Gasteiger partial charge in [-0.3, -0.25) is 0 Å². The van der Waals surface area contributed by atoms with Crippen molar-refractivity contribution in [3.8, 4) is 0 Å². The maximum Gasteiger partial charge on any atom is 0.0898 e. The van der Waals surface area contributed by atoms with E-state index in [1.54, 1.807) is 11.3 Å². The fourth-order valence-electron chi connectivity index (χ4n) is 1.86. The Hall–Kier alpha value is -1.46. The van der Waals surface area contributed by atoms with Crippen LogP contribution in [0.2, 0.25) is 0 Å². The molecule has 2 aromatic rings. The van der Waals surface area contributed by atoms with E-state index in [2.05, 4.69) is 27.4 Å². The first kappa shape index (κ1) is 14.0. The number of hydrogen-bond acceptors (Lipinski definition) is 4. The molecule has 5 heteroatoms. The molecule has 1 aromatic carbocycles. The van der Waals surface area contributed by atoms with Gasteiger partial charge in [-0.2, -0.15) is 0 Å². The molecule has 0 bridgehead atoms. The van der Waals surface area contributed by atoms with E-state index in [9.17, 15) is 0 Å². The average Bonchev–Trinajstić information content (AvgIpc) is 2.81. The summed E-state index contributed by atoms with van der Waals surface area (Å²) in [6, 6.07) is 10.3. The molecule has 0 radical (unpaired) electrons. The zero-order valence-electron chi connectivity index (χ0n) is 10.9. The number of aryl methyl sites for hydroxylation is 1. The van der Waals surface area contributed by atoms with Gasteiger partial charge < -0.3 is 10.6 Å². The SMILES string of the molecule is Cc1nc(CN(CCC(N)=S)c2ccccc2)cs1. The van der Waals surface area contributed by atoms with Crippen LogP contribution in [0.5, 0.6) is 0 Å². The van der Waals surface area contributed by atoms with Gasteiger partial charge in [0.2, 0.25) is 0 Å². The van der Waals surface area contributed by atoms with E-state index in [1.807, 2.05) is 25.1 Å². The van der Waals surface area contributed by atoms with Crippen LogP contribution in [0, 0.1) is 6.92 Å². The van der Waals surface area contributed by atoms with Crippen LogP contribution in [-0.4, -0.2) is 16.5 Å². The lowest BCUT2D eigenvalue weighted by molar-refractivity contribution is 0.791. The summed E-state index contributed by atoms with van der Waals surface area (Å²) in [6.07, 6.45) is 0.716. The van der Waals surface area contributed by atoms with Crippen LogP contribution in [0.25, 0.3) is 0 Å². The Bertz CT molecular complexity index is 537. The number of nitrogens with zero attached hydrogens (tertiary/aromatic N) is 2. The van der Waals surface area contributed by atoms with Gasteiger partial charge in [-0.25, -0.2) is 4.98 Å². The zero-order chi connectivity index (χ0) is 13.7. The molecule has 1 heterocycles. The molecule has 0 aliphatic carbocycles. The van der Waals surface area contributed by atoms with Crippen LogP contribution < -0.4 is 10.6 Å². The maximum absolute atomic E-state index is 5.61. The molecule has 0 amide bonds. The lowest BCUT2D eigenvalue weighted by Gasteiger charge is -2.23. The smallest absolute Gasteiger partial charge is 0.0898 e. The van der Waals surface area contributed by atoms with Crippen molar-refractivity contribution in [2.24, 2.45) is 5.73 Å². The molecule has 0 unspecified atom stereocenters. The van der Waals surface area contributed by atoms with Crippen LogP contribution in [0.3, 0.4) is 0 Å². The van der Waals surface area contributed by atoms with Gasteiger partial charge in [-0.1, -0.05) is 30.4 Å².